The Kier molecular flexibility index (Phi) is 4.35. The zero-order valence-electron chi connectivity index (χ0n) is 13.1. The van der Waals surface area contributed by atoms with Gasteiger partial charge < -0.3 is 5.32 Å². The number of amides is 2. The molecular formula is C18H14Cl2N2O2. The molecule has 2 aromatic rings. The topological polar surface area (TPSA) is 49.4 Å². The highest BCUT2D eigenvalue weighted by Gasteiger charge is 2.39. The van der Waals surface area contributed by atoms with Gasteiger partial charge in [-0.05, 0) is 49.2 Å². The molecule has 0 aliphatic carbocycles. The summed E-state index contributed by atoms with van der Waals surface area (Å²) in [6.07, 6.45) is 0. The predicted molar refractivity (Wildman–Crippen MR) is 96.4 cm³/mol. The van der Waals surface area contributed by atoms with E-state index in [1.54, 1.807) is 30.3 Å². The smallest absolute Gasteiger partial charge is 0.283 e. The van der Waals surface area contributed by atoms with E-state index in [-0.39, 0.29) is 10.7 Å². The average Bonchev–Trinajstić information content (AvgIpc) is 2.74. The minimum absolute atomic E-state index is 0.0496. The first-order chi connectivity index (χ1) is 11.4. The van der Waals surface area contributed by atoms with Crippen LogP contribution in [0.5, 0.6) is 0 Å². The van der Waals surface area contributed by atoms with Gasteiger partial charge in [0.25, 0.3) is 11.8 Å². The molecule has 24 heavy (non-hydrogen) atoms. The van der Waals surface area contributed by atoms with Crippen molar-refractivity contribution in [2.24, 2.45) is 0 Å². The number of aryl methyl sites for hydroxylation is 2. The van der Waals surface area contributed by atoms with Crippen LogP contribution in [0.4, 0.5) is 11.4 Å². The molecule has 0 radical (unpaired) electrons. The van der Waals surface area contributed by atoms with Gasteiger partial charge in [-0.25, -0.2) is 4.90 Å². The largest absolute Gasteiger partial charge is 0.349 e. The Labute approximate surface area is 149 Å². The maximum Gasteiger partial charge on any atom is 0.283 e. The lowest BCUT2D eigenvalue weighted by Gasteiger charge is -2.16. The molecule has 0 saturated carbocycles. The van der Waals surface area contributed by atoms with Gasteiger partial charge in [0.1, 0.15) is 10.7 Å². The molecule has 2 amide bonds. The van der Waals surface area contributed by atoms with Crippen molar-refractivity contribution in [3.8, 4) is 0 Å². The molecule has 1 N–H and O–H groups in total. The molecule has 0 aromatic heterocycles. The van der Waals surface area contributed by atoms with Crippen LogP contribution in [-0.4, -0.2) is 11.8 Å². The molecule has 1 aliphatic heterocycles. The minimum Gasteiger partial charge on any atom is -0.349 e. The Hall–Kier alpha value is -2.30. The summed E-state index contributed by atoms with van der Waals surface area (Å²) < 4.78 is 0. The minimum atomic E-state index is -0.547. The molecule has 3 rings (SSSR count). The van der Waals surface area contributed by atoms with Crippen molar-refractivity contribution in [2.45, 2.75) is 13.8 Å². The van der Waals surface area contributed by atoms with E-state index in [4.69, 9.17) is 23.2 Å². The molecule has 4 nitrogen and oxygen atoms in total. The van der Waals surface area contributed by atoms with Crippen molar-refractivity contribution in [2.75, 3.05) is 10.2 Å². The van der Waals surface area contributed by atoms with Gasteiger partial charge in [0.15, 0.2) is 0 Å². The number of rotatable bonds is 3. The van der Waals surface area contributed by atoms with Crippen LogP contribution in [0.3, 0.4) is 0 Å². The molecule has 122 valence electrons. The molecule has 6 heteroatoms. The summed E-state index contributed by atoms with van der Waals surface area (Å²) in [6.45, 7) is 3.75. The fraction of sp³-hybridized carbons (Fsp3) is 0.111. The lowest BCUT2D eigenvalue weighted by atomic mass is 10.2. The summed E-state index contributed by atoms with van der Waals surface area (Å²) in [5, 5.41) is 3.33. The second kappa shape index (κ2) is 6.30. The Balaban J connectivity index is 1.96. The third kappa shape index (κ3) is 2.90. The second-order valence-electron chi connectivity index (χ2n) is 5.56. The molecule has 0 fully saturated rings. The van der Waals surface area contributed by atoms with Crippen LogP contribution in [0.2, 0.25) is 5.02 Å². The molecule has 0 spiro atoms. The van der Waals surface area contributed by atoms with Crippen LogP contribution >= 0.6 is 23.2 Å². The van der Waals surface area contributed by atoms with E-state index in [0.717, 1.165) is 16.0 Å². The SMILES string of the molecule is Cc1cccc(N2C(=O)C(Cl)=C(Nc3cc(Cl)ccc3C)C2=O)c1. The zero-order chi connectivity index (χ0) is 17.4. The number of anilines is 2. The molecule has 0 bridgehead atoms. The summed E-state index contributed by atoms with van der Waals surface area (Å²) in [6, 6.07) is 12.4. The molecule has 1 aliphatic rings. The van der Waals surface area contributed by atoms with Crippen molar-refractivity contribution in [3.63, 3.8) is 0 Å². The molecule has 2 aromatic carbocycles. The van der Waals surface area contributed by atoms with Crippen LogP contribution in [0, 0.1) is 13.8 Å². The third-order valence-electron chi connectivity index (χ3n) is 3.75. The summed E-state index contributed by atoms with van der Waals surface area (Å²) in [5.41, 5.74) is 2.99. The summed E-state index contributed by atoms with van der Waals surface area (Å²) in [4.78, 5) is 26.2. The van der Waals surface area contributed by atoms with E-state index < -0.39 is 11.8 Å². The van der Waals surface area contributed by atoms with Crippen molar-refractivity contribution >= 4 is 46.4 Å². The van der Waals surface area contributed by atoms with Gasteiger partial charge in [0.2, 0.25) is 0 Å². The van der Waals surface area contributed by atoms with E-state index >= 15 is 0 Å². The summed E-state index contributed by atoms with van der Waals surface area (Å²) in [7, 11) is 0. The van der Waals surface area contributed by atoms with Crippen molar-refractivity contribution in [1.82, 2.24) is 0 Å². The molecule has 0 atom stereocenters. The fourth-order valence-corrected chi connectivity index (χ4v) is 2.86. The first-order valence-corrected chi connectivity index (χ1v) is 8.02. The molecule has 1 heterocycles. The van der Waals surface area contributed by atoms with Crippen LogP contribution in [0.1, 0.15) is 11.1 Å². The van der Waals surface area contributed by atoms with Gasteiger partial charge in [0, 0.05) is 10.7 Å². The van der Waals surface area contributed by atoms with Gasteiger partial charge in [-0.15, -0.1) is 0 Å². The van der Waals surface area contributed by atoms with Gasteiger partial charge >= 0.3 is 0 Å². The Morgan fingerprint density at radius 3 is 2.42 bits per heavy atom. The van der Waals surface area contributed by atoms with E-state index in [1.807, 2.05) is 26.0 Å². The number of nitrogens with one attached hydrogen (secondary N) is 1. The molecule has 0 saturated heterocycles. The lowest BCUT2D eigenvalue weighted by Crippen LogP contribution is -2.32. The Bertz CT molecular complexity index is 890. The molecule has 0 unspecified atom stereocenters. The maximum atomic E-state index is 12.7. The standard InChI is InChI=1S/C18H14Cl2N2O2/c1-10-4-3-5-13(8-10)22-17(23)15(20)16(18(22)24)21-14-9-12(19)7-6-11(14)2/h3-9,21H,1-2H3. The van der Waals surface area contributed by atoms with E-state index in [1.165, 1.54) is 0 Å². The maximum absolute atomic E-state index is 12.7. The van der Waals surface area contributed by atoms with Gasteiger partial charge in [-0.1, -0.05) is 41.4 Å². The number of halogens is 2. The number of imide groups is 1. The van der Waals surface area contributed by atoms with Crippen molar-refractivity contribution < 1.29 is 9.59 Å². The Morgan fingerprint density at radius 2 is 1.71 bits per heavy atom. The van der Waals surface area contributed by atoms with Crippen LogP contribution < -0.4 is 10.2 Å². The van der Waals surface area contributed by atoms with Crippen LogP contribution in [-0.2, 0) is 9.59 Å². The number of hydrogen-bond donors (Lipinski definition) is 1. The normalized spacial score (nSPS) is 14.6. The highest BCUT2D eigenvalue weighted by molar-refractivity contribution is 6.53. The second-order valence-corrected chi connectivity index (χ2v) is 6.37. The predicted octanol–water partition coefficient (Wildman–Crippen LogP) is 4.39. The highest BCUT2D eigenvalue weighted by atomic mass is 35.5. The Morgan fingerprint density at radius 1 is 0.958 bits per heavy atom. The number of carbonyl (C=O) groups is 2. The van der Waals surface area contributed by atoms with Crippen LogP contribution in [0.25, 0.3) is 0 Å². The third-order valence-corrected chi connectivity index (χ3v) is 4.33. The highest BCUT2D eigenvalue weighted by Crippen LogP contribution is 2.31. The summed E-state index contributed by atoms with van der Waals surface area (Å²) in [5.74, 6) is -1.04. The quantitative estimate of drug-likeness (QED) is 0.825. The summed E-state index contributed by atoms with van der Waals surface area (Å²) >= 11 is 12.1. The fourth-order valence-electron chi connectivity index (χ4n) is 2.48. The number of nitrogens with zero attached hydrogens (tertiary/aromatic N) is 1. The monoisotopic (exact) mass is 360 g/mol. The lowest BCUT2D eigenvalue weighted by molar-refractivity contribution is -0.120. The number of carbonyl (C=O) groups excluding carboxylic acids is 2. The van der Waals surface area contributed by atoms with Gasteiger partial charge in [-0.2, -0.15) is 0 Å². The van der Waals surface area contributed by atoms with Crippen molar-refractivity contribution in [1.29, 1.82) is 0 Å². The first kappa shape index (κ1) is 16.6. The average molecular weight is 361 g/mol. The van der Waals surface area contributed by atoms with E-state index in [9.17, 15) is 9.59 Å². The van der Waals surface area contributed by atoms with Gasteiger partial charge in [-0.3, -0.25) is 9.59 Å². The zero-order valence-corrected chi connectivity index (χ0v) is 14.6. The first-order valence-electron chi connectivity index (χ1n) is 7.27. The number of benzene rings is 2. The van der Waals surface area contributed by atoms with Crippen LogP contribution in [0.15, 0.2) is 53.2 Å². The van der Waals surface area contributed by atoms with Crippen molar-refractivity contribution in [3.05, 3.63) is 69.3 Å². The number of hydrogen-bond acceptors (Lipinski definition) is 3. The van der Waals surface area contributed by atoms with Gasteiger partial charge in [0.05, 0.1) is 5.69 Å². The molecular weight excluding hydrogens is 347 g/mol. The van der Waals surface area contributed by atoms with E-state index in [2.05, 4.69) is 5.32 Å². The van der Waals surface area contributed by atoms with E-state index in [0.29, 0.717) is 16.4 Å².